The summed E-state index contributed by atoms with van der Waals surface area (Å²) in [5.74, 6) is 0.332. The van der Waals surface area contributed by atoms with Crippen molar-refractivity contribution in [2.75, 3.05) is 0 Å². The standard InChI is InChI=1S/C7H7N5O/c1-11-9-7(8-10-11)6-4-2-3-5-12(6)13/h2-5H,1H3. The molecule has 0 unspecified atom stereocenters. The summed E-state index contributed by atoms with van der Waals surface area (Å²) in [6, 6.07) is 5.04. The van der Waals surface area contributed by atoms with E-state index in [4.69, 9.17) is 0 Å². The summed E-state index contributed by atoms with van der Waals surface area (Å²) in [5, 5.41) is 22.5. The zero-order chi connectivity index (χ0) is 9.26. The topological polar surface area (TPSA) is 70.5 Å². The van der Waals surface area contributed by atoms with Crippen molar-refractivity contribution in [2.24, 2.45) is 7.05 Å². The molecule has 0 aliphatic carbocycles. The second kappa shape index (κ2) is 2.81. The van der Waals surface area contributed by atoms with Gasteiger partial charge in [-0.1, -0.05) is 0 Å². The van der Waals surface area contributed by atoms with Crippen molar-refractivity contribution in [1.82, 2.24) is 20.2 Å². The maximum Gasteiger partial charge on any atom is 0.269 e. The third-order valence-electron chi connectivity index (χ3n) is 1.56. The van der Waals surface area contributed by atoms with Crippen LogP contribution in [0.3, 0.4) is 0 Å². The van der Waals surface area contributed by atoms with Crippen LogP contribution in [-0.4, -0.2) is 20.2 Å². The van der Waals surface area contributed by atoms with Crippen LogP contribution in [0, 0.1) is 5.21 Å². The van der Waals surface area contributed by atoms with Gasteiger partial charge in [-0.25, -0.2) is 0 Å². The summed E-state index contributed by atoms with van der Waals surface area (Å²) < 4.78 is 0.705. The maximum absolute atomic E-state index is 11.2. The largest absolute Gasteiger partial charge is 0.618 e. The molecule has 0 radical (unpaired) electrons. The van der Waals surface area contributed by atoms with Gasteiger partial charge in [-0.2, -0.15) is 9.53 Å². The average molecular weight is 177 g/mol. The van der Waals surface area contributed by atoms with E-state index in [0.717, 1.165) is 0 Å². The highest BCUT2D eigenvalue weighted by Gasteiger charge is 2.12. The maximum atomic E-state index is 11.2. The van der Waals surface area contributed by atoms with Crippen molar-refractivity contribution < 1.29 is 4.73 Å². The summed E-state index contributed by atoms with van der Waals surface area (Å²) >= 11 is 0. The molecule has 0 N–H and O–H groups in total. The first-order valence-corrected chi connectivity index (χ1v) is 3.70. The minimum absolute atomic E-state index is 0.332. The van der Waals surface area contributed by atoms with Gasteiger partial charge in [0.25, 0.3) is 11.5 Å². The fourth-order valence-corrected chi connectivity index (χ4v) is 0.988. The van der Waals surface area contributed by atoms with Crippen LogP contribution in [0.2, 0.25) is 0 Å². The van der Waals surface area contributed by atoms with Gasteiger partial charge in [0.15, 0.2) is 6.20 Å². The quantitative estimate of drug-likeness (QED) is 0.435. The minimum Gasteiger partial charge on any atom is -0.618 e. The Morgan fingerprint density at radius 2 is 2.31 bits per heavy atom. The van der Waals surface area contributed by atoms with Gasteiger partial charge in [0.1, 0.15) is 0 Å². The highest BCUT2D eigenvalue weighted by atomic mass is 16.5. The van der Waals surface area contributed by atoms with E-state index in [1.165, 1.54) is 11.0 Å². The first-order valence-electron chi connectivity index (χ1n) is 3.70. The van der Waals surface area contributed by atoms with Gasteiger partial charge in [0, 0.05) is 12.1 Å². The van der Waals surface area contributed by atoms with E-state index in [0.29, 0.717) is 16.2 Å². The van der Waals surface area contributed by atoms with Crippen molar-refractivity contribution in [3.8, 4) is 11.5 Å². The summed E-state index contributed by atoms with van der Waals surface area (Å²) in [7, 11) is 1.65. The molecule has 2 aromatic heterocycles. The SMILES string of the molecule is Cn1nnc(-c2cccc[n+]2[O-])n1. The Hall–Kier alpha value is -1.98. The molecule has 0 aliphatic rings. The van der Waals surface area contributed by atoms with Gasteiger partial charge < -0.3 is 5.21 Å². The molecule has 0 amide bonds. The van der Waals surface area contributed by atoms with E-state index in [1.807, 2.05) is 0 Å². The summed E-state index contributed by atoms with van der Waals surface area (Å²) in [6.45, 7) is 0. The molecular weight excluding hydrogens is 170 g/mol. The Kier molecular flexibility index (Phi) is 1.66. The lowest BCUT2D eigenvalue weighted by Gasteiger charge is -1.97. The number of hydrogen-bond donors (Lipinski definition) is 0. The Balaban J connectivity index is 2.52. The number of hydrogen-bond acceptors (Lipinski definition) is 4. The molecule has 0 fully saturated rings. The molecule has 0 atom stereocenters. The van der Waals surface area contributed by atoms with Crippen LogP contribution in [0.1, 0.15) is 0 Å². The van der Waals surface area contributed by atoms with E-state index in [9.17, 15) is 5.21 Å². The van der Waals surface area contributed by atoms with Crippen molar-refractivity contribution in [2.45, 2.75) is 0 Å². The van der Waals surface area contributed by atoms with Crippen molar-refractivity contribution in [3.63, 3.8) is 0 Å². The molecule has 0 saturated heterocycles. The third-order valence-corrected chi connectivity index (χ3v) is 1.56. The van der Waals surface area contributed by atoms with Gasteiger partial charge in [-0.15, -0.1) is 10.2 Å². The molecule has 0 saturated carbocycles. The van der Waals surface area contributed by atoms with E-state index >= 15 is 0 Å². The lowest BCUT2D eigenvalue weighted by atomic mass is 10.3. The molecule has 0 aromatic carbocycles. The molecular formula is C7H7N5O. The molecule has 2 rings (SSSR count). The Morgan fingerprint density at radius 1 is 1.46 bits per heavy atom. The number of nitrogens with zero attached hydrogens (tertiary/aromatic N) is 5. The first-order chi connectivity index (χ1) is 6.27. The zero-order valence-corrected chi connectivity index (χ0v) is 6.95. The van der Waals surface area contributed by atoms with Crippen LogP contribution in [0.4, 0.5) is 0 Å². The van der Waals surface area contributed by atoms with Gasteiger partial charge in [-0.3, -0.25) is 0 Å². The summed E-state index contributed by atoms with van der Waals surface area (Å²) in [6.07, 6.45) is 1.39. The number of pyridine rings is 1. The smallest absolute Gasteiger partial charge is 0.269 e. The number of aryl methyl sites for hydroxylation is 1. The fraction of sp³-hybridized carbons (Fsp3) is 0.143. The molecule has 0 bridgehead atoms. The van der Waals surface area contributed by atoms with Gasteiger partial charge in [0.2, 0.25) is 0 Å². The second-order valence-corrected chi connectivity index (χ2v) is 2.51. The van der Waals surface area contributed by atoms with E-state index < -0.39 is 0 Å². The molecule has 13 heavy (non-hydrogen) atoms. The predicted octanol–water partition coefficient (Wildman–Crippen LogP) is -0.490. The lowest BCUT2D eigenvalue weighted by molar-refractivity contribution is -0.594. The number of rotatable bonds is 1. The lowest BCUT2D eigenvalue weighted by Crippen LogP contribution is -2.28. The van der Waals surface area contributed by atoms with Crippen LogP contribution in [0.15, 0.2) is 24.4 Å². The molecule has 6 heteroatoms. The second-order valence-electron chi connectivity index (χ2n) is 2.51. The molecule has 6 nitrogen and oxygen atoms in total. The van der Waals surface area contributed by atoms with Crippen LogP contribution in [-0.2, 0) is 7.05 Å². The average Bonchev–Trinajstić information content (AvgIpc) is 2.53. The van der Waals surface area contributed by atoms with E-state index in [1.54, 1.807) is 25.2 Å². The van der Waals surface area contributed by atoms with Gasteiger partial charge in [0.05, 0.1) is 7.05 Å². The fourth-order valence-electron chi connectivity index (χ4n) is 0.988. The molecule has 2 aromatic rings. The molecule has 0 spiro atoms. The van der Waals surface area contributed by atoms with Crippen LogP contribution < -0.4 is 4.73 Å². The summed E-state index contributed by atoms with van der Waals surface area (Å²) in [5.41, 5.74) is 0.399. The normalized spacial score (nSPS) is 10.2. The van der Waals surface area contributed by atoms with Gasteiger partial charge >= 0.3 is 0 Å². The van der Waals surface area contributed by atoms with Crippen molar-refractivity contribution in [3.05, 3.63) is 29.6 Å². The molecule has 2 heterocycles. The minimum atomic E-state index is 0.332. The summed E-state index contributed by atoms with van der Waals surface area (Å²) in [4.78, 5) is 1.31. The highest BCUT2D eigenvalue weighted by Crippen LogP contribution is 2.05. The number of aromatic nitrogens is 5. The number of tetrazole rings is 1. The molecule has 66 valence electrons. The Bertz CT molecular complexity index is 424. The Labute approximate surface area is 74.0 Å². The zero-order valence-electron chi connectivity index (χ0n) is 6.95. The predicted molar refractivity (Wildman–Crippen MR) is 43.2 cm³/mol. The Morgan fingerprint density at radius 3 is 2.92 bits per heavy atom. The monoisotopic (exact) mass is 177 g/mol. The van der Waals surface area contributed by atoms with Crippen molar-refractivity contribution in [1.29, 1.82) is 0 Å². The highest BCUT2D eigenvalue weighted by molar-refractivity contribution is 5.42. The third kappa shape index (κ3) is 1.33. The van der Waals surface area contributed by atoms with Gasteiger partial charge in [-0.05, 0) is 11.3 Å². The van der Waals surface area contributed by atoms with Crippen LogP contribution in [0.5, 0.6) is 0 Å². The van der Waals surface area contributed by atoms with Crippen molar-refractivity contribution >= 4 is 0 Å². The van der Waals surface area contributed by atoms with Crippen LogP contribution in [0.25, 0.3) is 11.5 Å². The van der Waals surface area contributed by atoms with E-state index in [2.05, 4.69) is 15.4 Å². The van der Waals surface area contributed by atoms with E-state index in [-0.39, 0.29) is 0 Å². The first kappa shape index (κ1) is 7.66. The van der Waals surface area contributed by atoms with Crippen LogP contribution >= 0.6 is 0 Å². The molecule has 0 aliphatic heterocycles.